The molecule has 4 aromatic rings. The van der Waals surface area contributed by atoms with E-state index in [9.17, 15) is 13.2 Å². The number of hydrogen-bond donors (Lipinski definition) is 1. The van der Waals surface area contributed by atoms with Crippen molar-refractivity contribution in [3.05, 3.63) is 94.9 Å². The largest absolute Gasteiger partial charge is 0.301 e. The maximum absolute atomic E-state index is 13.8. The third-order valence-electron chi connectivity index (χ3n) is 5.40. The highest BCUT2D eigenvalue weighted by atomic mass is 32.2. The van der Waals surface area contributed by atoms with Crippen molar-refractivity contribution in [2.45, 2.75) is 13.3 Å². The molecule has 164 valence electrons. The summed E-state index contributed by atoms with van der Waals surface area (Å²) in [5, 5.41) is 1.46. The highest BCUT2D eigenvalue weighted by Crippen LogP contribution is 2.30. The van der Waals surface area contributed by atoms with Crippen LogP contribution >= 0.6 is 0 Å². The molecule has 0 fully saturated rings. The van der Waals surface area contributed by atoms with E-state index in [1.807, 2.05) is 67.6 Å². The molecule has 6 nitrogen and oxygen atoms in total. The van der Waals surface area contributed by atoms with E-state index in [1.54, 1.807) is 22.8 Å². The van der Waals surface area contributed by atoms with Gasteiger partial charge in [0.1, 0.15) is 0 Å². The normalized spacial score (nSPS) is 11.8. The number of hydrogen-bond acceptors (Lipinski definition) is 3. The molecule has 0 bridgehead atoms. The van der Waals surface area contributed by atoms with Gasteiger partial charge >= 0.3 is 10.2 Å². The monoisotopic (exact) mass is 447 g/mol. The summed E-state index contributed by atoms with van der Waals surface area (Å²) in [5.74, 6) is 0. The summed E-state index contributed by atoms with van der Waals surface area (Å²) >= 11 is 0. The molecule has 7 heteroatoms. The van der Waals surface area contributed by atoms with Gasteiger partial charge in [-0.05, 0) is 53.3 Å². The van der Waals surface area contributed by atoms with Crippen LogP contribution in [0, 0.1) is 0 Å². The Labute approximate surface area is 187 Å². The maximum atomic E-state index is 13.8. The van der Waals surface area contributed by atoms with Gasteiger partial charge in [-0.1, -0.05) is 55.5 Å². The Kier molecular flexibility index (Phi) is 5.86. The molecule has 0 saturated carbocycles. The number of nitrogens with zero attached hydrogens (tertiary/aromatic N) is 2. The summed E-state index contributed by atoms with van der Waals surface area (Å²) < 4.78 is 29.9. The molecule has 1 aromatic heterocycles. The molecule has 0 aliphatic rings. The Bertz CT molecular complexity index is 1440. The Morgan fingerprint density at radius 3 is 2.31 bits per heavy atom. The number of pyridine rings is 1. The fourth-order valence-corrected chi connectivity index (χ4v) is 4.37. The maximum Gasteiger partial charge on any atom is 0.301 e. The van der Waals surface area contributed by atoms with E-state index in [2.05, 4.69) is 4.72 Å². The summed E-state index contributed by atoms with van der Waals surface area (Å²) in [5.41, 5.74) is 3.60. The first-order valence-corrected chi connectivity index (χ1v) is 11.8. The lowest BCUT2D eigenvalue weighted by Gasteiger charge is -2.16. The zero-order valence-corrected chi connectivity index (χ0v) is 19.1. The van der Waals surface area contributed by atoms with E-state index in [0.717, 1.165) is 32.2 Å². The fraction of sp³-hybridized carbons (Fsp3) is 0.160. The first kappa shape index (κ1) is 21.8. The highest BCUT2D eigenvalue weighted by molar-refractivity contribution is 7.90. The predicted molar refractivity (Wildman–Crippen MR) is 131 cm³/mol. The van der Waals surface area contributed by atoms with Crippen molar-refractivity contribution in [1.82, 2.24) is 8.87 Å². The van der Waals surface area contributed by atoms with Crippen LogP contribution in [0.15, 0.2) is 83.7 Å². The van der Waals surface area contributed by atoms with Crippen molar-refractivity contribution >= 4 is 26.7 Å². The summed E-state index contributed by atoms with van der Waals surface area (Å²) in [4.78, 5) is 13.8. The lowest BCUT2D eigenvalue weighted by atomic mass is 9.98. The van der Waals surface area contributed by atoms with E-state index in [0.29, 0.717) is 17.5 Å². The molecule has 4 rings (SSSR count). The van der Waals surface area contributed by atoms with Crippen LogP contribution in [-0.2, 0) is 16.6 Å². The van der Waals surface area contributed by atoms with Crippen molar-refractivity contribution in [3.63, 3.8) is 0 Å². The zero-order valence-electron chi connectivity index (χ0n) is 18.2. The first-order chi connectivity index (χ1) is 15.3. The second-order valence-corrected chi connectivity index (χ2v) is 9.59. The fourth-order valence-electron chi connectivity index (χ4n) is 3.77. The molecule has 32 heavy (non-hydrogen) atoms. The molecule has 0 aliphatic heterocycles. The average Bonchev–Trinajstić information content (AvgIpc) is 2.78. The van der Waals surface area contributed by atoms with E-state index in [1.165, 1.54) is 14.1 Å². The minimum Gasteiger partial charge on any atom is -0.281 e. The van der Waals surface area contributed by atoms with Crippen LogP contribution in [0.1, 0.15) is 12.6 Å². The molecule has 0 saturated heterocycles. The van der Waals surface area contributed by atoms with Gasteiger partial charge in [0.2, 0.25) is 0 Å². The van der Waals surface area contributed by atoms with Crippen LogP contribution in [-0.4, -0.2) is 31.4 Å². The Morgan fingerprint density at radius 1 is 0.906 bits per heavy atom. The molecular weight excluding hydrogens is 422 g/mol. The van der Waals surface area contributed by atoms with Crippen LogP contribution < -0.4 is 10.3 Å². The van der Waals surface area contributed by atoms with Gasteiger partial charge in [0, 0.05) is 25.5 Å². The molecule has 1 N–H and O–H groups in total. The van der Waals surface area contributed by atoms with Crippen LogP contribution in [0.25, 0.3) is 27.6 Å². The lowest BCUT2D eigenvalue weighted by molar-refractivity contribution is 0.527. The number of aromatic nitrogens is 1. The predicted octanol–water partition coefficient (Wildman–Crippen LogP) is 4.44. The van der Waals surface area contributed by atoms with E-state index in [4.69, 9.17) is 0 Å². The Morgan fingerprint density at radius 2 is 1.62 bits per heavy atom. The summed E-state index contributed by atoms with van der Waals surface area (Å²) in [6, 6.07) is 24.5. The minimum atomic E-state index is -3.64. The molecule has 0 radical (unpaired) electrons. The topological polar surface area (TPSA) is 71.4 Å². The second-order valence-electron chi connectivity index (χ2n) is 7.71. The number of aryl methyl sites for hydroxylation is 1. The summed E-state index contributed by atoms with van der Waals surface area (Å²) in [7, 11) is -0.702. The van der Waals surface area contributed by atoms with Crippen LogP contribution in [0.5, 0.6) is 0 Å². The molecule has 0 aliphatic carbocycles. The number of rotatable bonds is 6. The van der Waals surface area contributed by atoms with Gasteiger partial charge in [-0.3, -0.25) is 14.1 Å². The molecule has 0 unspecified atom stereocenters. The minimum absolute atomic E-state index is 0.0968. The first-order valence-electron chi connectivity index (χ1n) is 10.4. The smallest absolute Gasteiger partial charge is 0.281 e. The number of para-hydroxylation sites is 1. The molecular formula is C25H25N3O3S. The van der Waals surface area contributed by atoms with Crippen LogP contribution in [0.4, 0.5) is 5.69 Å². The SMILES string of the molecule is CCc1cc2cccc(-c3cccc(NS(=O)(=O)N(C)C)c3)c2c(=O)n1-c1ccccc1. The van der Waals surface area contributed by atoms with Crippen molar-refractivity contribution in [1.29, 1.82) is 0 Å². The summed E-state index contributed by atoms with van der Waals surface area (Å²) in [6.07, 6.45) is 0.714. The second kappa shape index (κ2) is 8.61. The average molecular weight is 448 g/mol. The third kappa shape index (κ3) is 4.04. The quantitative estimate of drug-likeness (QED) is 0.475. The van der Waals surface area contributed by atoms with Crippen molar-refractivity contribution in [2.75, 3.05) is 18.8 Å². The number of anilines is 1. The van der Waals surface area contributed by atoms with E-state index >= 15 is 0 Å². The van der Waals surface area contributed by atoms with Crippen molar-refractivity contribution in [2.24, 2.45) is 0 Å². The summed E-state index contributed by atoms with van der Waals surface area (Å²) in [6.45, 7) is 2.03. The highest BCUT2D eigenvalue weighted by Gasteiger charge is 2.16. The molecule has 1 heterocycles. The molecule has 3 aromatic carbocycles. The van der Waals surface area contributed by atoms with Gasteiger partial charge in [-0.15, -0.1) is 0 Å². The van der Waals surface area contributed by atoms with Gasteiger partial charge in [0.25, 0.3) is 5.56 Å². The Balaban J connectivity index is 1.94. The van der Waals surface area contributed by atoms with E-state index in [-0.39, 0.29) is 5.56 Å². The van der Waals surface area contributed by atoms with Gasteiger partial charge in [0.05, 0.1) is 11.1 Å². The molecule has 0 spiro atoms. The van der Waals surface area contributed by atoms with E-state index < -0.39 is 10.2 Å². The van der Waals surface area contributed by atoms with Crippen molar-refractivity contribution in [3.8, 4) is 16.8 Å². The zero-order chi connectivity index (χ0) is 22.9. The van der Waals surface area contributed by atoms with Gasteiger partial charge < -0.3 is 0 Å². The Hall–Kier alpha value is -3.42. The third-order valence-corrected chi connectivity index (χ3v) is 6.86. The molecule has 0 atom stereocenters. The standard InChI is InChI=1S/C25H25N3O3S/c1-4-21-17-19-11-9-15-23(24(19)25(29)28(21)22-13-6-5-7-14-22)18-10-8-12-20(16-18)26-32(30,31)27(2)3/h5-17,26H,4H2,1-3H3. The van der Waals surface area contributed by atoms with Gasteiger partial charge in [0.15, 0.2) is 0 Å². The van der Waals surface area contributed by atoms with Crippen LogP contribution in [0.2, 0.25) is 0 Å². The number of nitrogens with one attached hydrogen (secondary N) is 1. The van der Waals surface area contributed by atoms with Gasteiger partial charge in [-0.2, -0.15) is 12.7 Å². The van der Waals surface area contributed by atoms with Crippen LogP contribution in [0.3, 0.4) is 0 Å². The van der Waals surface area contributed by atoms with Gasteiger partial charge in [-0.25, -0.2) is 0 Å². The lowest BCUT2D eigenvalue weighted by Crippen LogP contribution is -2.28. The number of benzene rings is 3. The number of fused-ring (bicyclic) bond motifs is 1. The molecule has 0 amide bonds. The van der Waals surface area contributed by atoms with Crippen molar-refractivity contribution < 1.29 is 8.42 Å².